The Morgan fingerprint density at radius 3 is 2.53 bits per heavy atom. The molecule has 0 saturated carbocycles. The van der Waals surface area contributed by atoms with Gasteiger partial charge >= 0.3 is 0 Å². The smallest absolute Gasteiger partial charge is 0.258 e. The van der Waals surface area contributed by atoms with E-state index in [4.69, 9.17) is 33.3 Å². The molecular weight excluding hydrogens is 440 g/mol. The van der Waals surface area contributed by atoms with Gasteiger partial charge in [-0.2, -0.15) is 4.98 Å². The number of nitrogens with one attached hydrogen (secondary N) is 1. The van der Waals surface area contributed by atoms with E-state index in [0.29, 0.717) is 16.7 Å². The van der Waals surface area contributed by atoms with Gasteiger partial charge in [0.25, 0.3) is 5.89 Å². The predicted molar refractivity (Wildman–Crippen MR) is 133 cm³/mol. The molecule has 2 heterocycles. The second kappa shape index (κ2) is 9.43. The maximum atomic E-state index is 6.03. The van der Waals surface area contributed by atoms with Gasteiger partial charge < -0.3 is 14.7 Å². The predicted octanol–water partition coefficient (Wildman–Crippen LogP) is 6.47. The third kappa shape index (κ3) is 4.43. The van der Waals surface area contributed by atoms with Crippen LogP contribution in [0.1, 0.15) is 55.3 Å². The molecule has 0 saturated heterocycles. The van der Waals surface area contributed by atoms with Crippen LogP contribution in [-0.2, 0) is 0 Å². The molecule has 0 radical (unpaired) electrons. The molecule has 7 heteroatoms. The van der Waals surface area contributed by atoms with Crippen LogP contribution in [0.15, 0.2) is 52.7 Å². The SMILES string of the molecule is CCCCN1C(=S)NC(c2ccc(C)c(C)c2)C(c2nc(-c3ccc(Cl)cc3)no2)=C1C. The summed E-state index contributed by atoms with van der Waals surface area (Å²) in [5, 5.41) is 9.17. The number of unbranched alkanes of at least 4 members (excludes halogenated alkanes) is 1. The van der Waals surface area contributed by atoms with E-state index in [-0.39, 0.29) is 6.04 Å². The number of hydrogen-bond donors (Lipinski definition) is 1. The molecule has 32 heavy (non-hydrogen) atoms. The number of benzene rings is 2. The van der Waals surface area contributed by atoms with Gasteiger partial charge in [0.2, 0.25) is 5.82 Å². The lowest BCUT2D eigenvalue weighted by Crippen LogP contribution is -2.46. The highest BCUT2D eigenvalue weighted by Crippen LogP contribution is 2.38. The van der Waals surface area contributed by atoms with Crippen molar-refractivity contribution in [1.29, 1.82) is 0 Å². The van der Waals surface area contributed by atoms with Gasteiger partial charge in [-0.3, -0.25) is 0 Å². The van der Waals surface area contributed by atoms with Crippen molar-refractivity contribution in [2.24, 2.45) is 0 Å². The van der Waals surface area contributed by atoms with E-state index in [9.17, 15) is 0 Å². The zero-order valence-electron chi connectivity index (χ0n) is 18.8. The number of halogens is 1. The minimum Gasteiger partial charge on any atom is -0.351 e. The molecule has 2 aromatic carbocycles. The Balaban J connectivity index is 1.80. The zero-order valence-corrected chi connectivity index (χ0v) is 20.3. The Hall–Kier alpha value is -2.70. The van der Waals surface area contributed by atoms with Crippen molar-refractivity contribution in [3.63, 3.8) is 0 Å². The topological polar surface area (TPSA) is 54.2 Å². The van der Waals surface area contributed by atoms with Crippen LogP contribution in [0.25, 0.3) is 17.0 Å². The summed E-state index contributed by atoms with van der Waals surface area (Å²) in [5.41, 5.74) is 6.44. The molecule has 166 valence electrons. The van der Waals surface area contributed by atoms with Crippen LogP contribution in [0.4, 0.5) is 0 Å². The Bertz CT molecular complexity index is 1170. The lowest BCUT2D eigenvalue weighted by molar-refractivity contribution is 0.395. The monoisotopic (exact) mass is 466 g/mol. The highest BCUT2D eigenvalue weighted by Gasteiger charge is 2.34. The third-order valence-electron chi connectivity index (χ3n) is 5.95. The number of thiocarbonyl (C=S) groups is 1. The normalized spacial score (nSPS) is 16.5. The molecule has 4 rings (SSSR count). The largest absolute Gasteiger partial charge is 0.351 e. The summed E-state index contributed by atoms with van der Waals surface area (Å²) in [4.78, 5) is 6.89. The van der Waals surface area contributed by atoms with Crippen molar-refractivity contribution in [3.05, 3.63) is 75.8 Å². The molecule has 0 fully saturated rings. The van der Waals surface area contributed by atoms with Gasteiger partial charge in [-0.05, 0) is 80.4 Å². The van der Waals surface area contributed by atoms with Gasteiger partial charge in [-0.25, -0.2) is 0 Å². The van der Waals surface area contributed by atoms with Crippen LogP contribution in [-0.4, -0.2) is 26.7 Å². The molecule has 5 nitrogen and oxygen atoms in total. The molecule has 0 spiro atoms. The molecule has 0 bridgehead atoms. The molecule has 1 N–H and O–H groups in total. The summed E-state index contributed by atoms with van der Waals surface area (Å²) in [5.74, 6) is 1.02. The lowest BCUT2D eigenvalue weighted by atomic mass is 9.92. The number of hydrogen-bond acceptors (Lipinski definition) is 4. The van der Waals surface area contributed by atoms with Gasteiger partial charge in [0.05, 0.1) is 11.6 Å². The summed E-state index contributed by atoms with van der Waals surface area (Å²) >= 11 is 11.8. The Morgan fingerprint density at radius 1 is 1.09 bits per heavy atom. The highest BCUT2D eigenvalue weighted by atomic mass is 35.5. The number of rotatable bonds is 6. The fraction of sp³-hybridized carbons (Fsp3) is 0.320. The van der Waals surface area contributed by atoms with Crippen molar-refractivity contribution in [2.75, 3.05) is 6.54 Å². The number of aromatic nitrogens is 2. The molecule has 1 aromatic heterocycles. The number of allylic oxidation sites excluding steroid dienone is 1. The molecule has 0 aliphatic carbocycles. The fourth-order valence-electron chi connectivity index (χ4n) is 3.89. The summed E-state index contributed by atoms with van der Waals surface area (Å²) in [6, 6.07) is 13.7. The van der Waals surface area contributed by atoms with Crippen LogP contribution in [0.2, 0.25) is 5.02 Å². The van der Waals surface area contributed by atoms with E-state index in [2.05, 4.69) is 61.3 Å². The number of nitrogens with zero attached hydrogens (tertiary/aromatic N) is 3. The molecule has 1 unspecified atom stereocenters. The maximum Gasteiger partial charge on any atom is 0.258 e. The average Bonchev–Trinajstić information content (AvgIpc) is 3.25. The van der Waals surface area contributed by atoms with E-state index in [1.807, 2.05) is 24.3 Å². The second-order valence-electron chi connectivity index (χ2n) is 8.16. The van der Waals surface area contributed by atoms with Crippen molar-refractivity contribution in [1.82, 2.24) is 20.4 Å². The minimum atomic E-state index is -0.168. The Morgan fingerprint density at radius 2 is 1.84 bits per heavy atom. The van der Waals surface area contributed by atoms with E-state index < -0.39 is 0 Å². The van der Waals surface area contributed by atoms with Crippen LogP contribution in [0.3, 0.4) is 0 Å². The average molecular weight is 467 g/mol. The zero-order chi connectivity index (χ0) is 22.8. The van der Waals surface area contributed by atoms with E-state index in [1.165, 1.54) is 11.1 Å². The first-order chi connectivity index (χ1) is 15.4. The quantitative estimate of drug-likeness (QED) is 0.420. The van der Waals surface area contributed by atoms with Gasteiger partial charge in [-0.15, -0.1) is 0 Å². The second-order valence-corrected chi connectivity index (χ2v) is 8.98. The molecular formula is C25H27ClN4OS. The van der Waals surface area contributed by atoms with Crippen molar-refractivity contribution < 1.29 is 4.52 Å². The molecule has 3 aromatic rings. The molecule has 1 atom stereocenters. The number of aryl methyl sites for hydroxylation is 2. The maximum absolute atomic E-state index is 6.03. The van der Waals surface area contributed by atoms with Crippen molar-refractivity contribution >= 4 is 34.5 Å². The van der Waals surface area contributed by atoms with E-state index >= 15 is 0 Å². The molecule has 0 amide bonds. The van der Waals surface area contributed by atoms with Gasteiger partial charge in [0.1, 0.15) is 0 Å². The summed E-state index contributed by atoms with van der Waals surface area (Å²) < 4.78 is 5.79. The van der Waals surface area contributed by atoms with Crippen molar-refractivity contribution in [3.8, 4) is 11.4 Å². The van der Waals surface area contributed by atoms with Crippen LogP contribution in [0.5, 0.6) is 0 Å². The standard InChI is InChI=1S/C25H27ClN4OS/c1-5-6-13-30-17(4)21(22(27-25(30)32)19-8-7-15(2)16(3)14-19)24-28-23(29-31-24)18-9-11-20(26)12-10-18/h7-12,14,22H,5-6,13H2,1-4H3,(H,27,32). The molecule has 1 aliphatic rings. The van der Waals surface area contributed by atoms with Crippen LogP contribution < -0.4 is 5.32 Å². The lowest BCUT2D eigenvalue weighted by Gasteiger charge is -2.37. The summed E-state index contributed by atoms with van der Waals surface area (Å²) in [7, 11) is 0. The first-order valence-electron chi connectivity index (χ1n) is 10.8. The van der Waals surface area contributed by atoms with Crippen LogP contribution >= 0.6 is 23.8 Å². The Labute approximate surface area is 199 Å². The fourth-order valence-corrected chi connectivity index (χ4v) is 4.36. The summed E-state index contributed by atoms with van der Waals surface area (Å²) in [6.07, 6.45) is 2.13. The van der Waals surface area contributed by atoms with Crippen LogP contribution in [0, 0.1) is 13.8 Å². The van der Waals surface area contributed by atoms with E-state index in [1.54, 1.807) is 0 Å². The molecule has 1 aliphatic heterocycles. The first-order valence-corrected chi connectivity index (χ1v) is 11.6. The first kappa shape index (κ1) is 22.5. The third-order valence-corrected chi connectivity index (χ3v) is 6.54. The minimum absolute atomic E-state index is 0.168. The van der Waals surface area contributed by atoms with Gasteiger partial charge in [0.15, 0.2) is 5.11 Å². The van der Waals surface area contributed by atoms with Gasteiger partial charge in [-0.1, -0.05) is 48.3 Å². The van der Waals surface area contributed by atoms with Gasteiger partial charge in [0, 0.05) is 22.8 Å². The highest BCUT2D eigenvalue weighted by molar-refractivity contribution is 7.80. The van der Waals surface area contributed by atoms with E-state index in [0.717, 1.165) is 46.9 Å². The Kier molecular flexibility index (Phi) is 6.63. The van der Waals surface area contributed by atoms with Crippen molar-refractivity contribution in [2.45, 2.75) is 46.6 Å². The summed E-state index contributed by atoms with van der Waals surface area (Å²) in [6.45, 7) is 9.33.